The van der Waals surface area contributed by atoms with E-state index in [1.165, 1.54) is 6.07 Å². The van der Waals surface area contributed by atoms with Crippen LogP contribution < -0.4 is 4.72 Å². The van der Waals surface area contributed by atoms with Gasteiger partial charge in [-0.2, -0.15) is 5.10 Å². The van der Waals surface area contributed by atoms with Crippen molar-refractivity contribution in [2.24, 2.45) is 0 Å². The summed E-state index contributed by atoms with van der Waals surface area (Å²) < 4.78 is 30.4. The standard InChI is InChI=1S/C14H11BrClN3O2S2/c15-11-7-17-19(9-11)8-10-2-1-3-12(6-10)18-23(20,21)14-5-4-13(16)22-14/h1-7,9,18H,8H2. The highest BCUT2D eigenvalue weighted by atomic mass is 79.9. The molecule has 0 bridgehead atoms. The third-order valence-electron chi connectivity index (χ3n) is 2.94. The fourth-order valence-electron chi connectivity index (χ4n) is 1.99. The molecule has 2 aromatic heterocycles. The Hall–Kier alpha value is -1.35. The number of halogens is 2. The van der Waals surface area contributed by atoms with Crippen LogP contribution in [0.25, 0.3) is 0 Å². The number of nitrogens with one attached hydrogen (secondary N) is 1. The quantitative estimate of drug-likeness (QED) is 0.657. The molecule has 3 aromatic rings. The Kier molecular flexibility index (Phi) is 4.77. The zero-order chi connectivity index (χ0) is 16.4. The minimum Gasteiger partial charge on any atom is -0.279 e. The molecule has 0 amide bonds. The van der Waals surface area contributed by atoms with Gasteiger partial charge in [0.25, 0.3) is 10.0 Å². The molecule has 5 nitrogen and oxygen atoms in total. The van der Waals surface area contributed by atoms with Gasteiger partial charge in [0.1, 0.15) is 4.21 Å². The van der Waals surface area contributed by atoms with Gasteiger partial charge in [0.05, 0.1) is 21.6 Å². The number of hydrogen-bond acceptors (Lipinski definition) is 4. The summed E-state index contributed by atoms with van der Waals surface area (Å²) in [6.07, 6.45) is 3.55. The lowest BCUT2D eigenvalue weighted by molar-refractivity contribution is 0.603. The molecule has 3 rings (SSSR count). The van der Waals surface area contributed by atoms with Crippen LogP contribution in [0.15, 0.2) is 57.5 Å². The third-order valence-corrected chi connectivity index (χ3v) is 6.45. The van der Waals surface area contributed by atoms with Gasteiger partial charge >= 0.3 is 0 Å². The van der Waals surface area contributed by atoms with Crippen LogP contribution in [-0.4, -0.2) is 18.2 Å². The number of sulfonamides is 1. The summed E-state index contributed by atoms with van der Waals surface area (Å²) in [5.41, 5.74) is 1.43. The van der Waals surface area contributed by atoms with Gasteiger partial charge in [-0.25, -0.2) is 8.42 Å². The van der Waals surface area contributed by atoms with Crippen molar-refractivity contribution in [2.75, 3.05) is 4.72 Å². The predicted octanol–water partition coefficient (Wildman–Crippen LogP) is 4.21. The Morgan fingerprint density at radius 3 is 2.78 bits per heavy atom. The minimum absolute atomic E-state index is 0.184. The molecule has 0 radical (unpaired) electrons. The largest absolute Gasteiger partial charge is 0.279 e. The summed E-state index contributed by atoms with van der Waals surface area (Å²) in [4.78, 5) is 0. The summed E-state index contributed by atoms with van der Waals surface area (Å²) in [6.45, 7) is 0.548. The maximum absolute atomic E-state index is 12.3. The van der Waals surface area contributed by atoms with E-state index in [1.54, 1.807) is 35.1 Å². The first-order chi connectivity index (χ1) is 10.9. The van der Waals surface area contributed by atoms with Crippen LogP contribution >= 0.6 is 38.9 Å². The maximum atomic E-state index is 12.3. The van der Waals surface area contributed by atoms with Gasteiger partial charge < -0.3 is 0 Å². The van der Waals surface area contributed by atoms with Crippen LogP contribution in [0.3, 0.4) is 0 Å². The summed E-state index contributed by atoms with van der Waals surface area (Å²) in [5, 5.41) is 4.18. The molecule has 0 aliphatic carbocycles. The van der Waals surface area contributed by atoms with Gasteiger partial charge in [-0.15, -0.1) is 11.3 Å². The van der Waals surface area contributed by atoms with Gasteiger partial charge in [0.2, 0.25) is 0 Å². The van der Waals surface area contributed by atoms with Crippen molar-refractivity contribution in [1.82, 2.24) is 9.78 Å². The Bertz CT molecular complexity index is 937. The molecule has 2 heterocycles. The number of benzene rings is 1. The van der Waals surface area contributed by atoms with Crippen LogP contribution in [0.4, 0.5) is 5.69 Å². The van der Waals surface area contributed by atoms with E-state index in [0.29, 0.717) is 16.6 Å². The second-order valence-electron chi connectivity index (χ2n) is 4.72. The molecule has 23 heavy (non-hydrogen) atoms. The second-order valence-corrected chi connectivity index (χ2v) is 9.26. The molecule has 0 unspecified atom stereocenters. The molecular weight excluding hydrogens is 422 g/mol. The fourth-order valence-corrected chi connectivity index (χ4v) is 4.85. The van der Waals surface area contributed by atoms with E-state index in [9.17, 15) is 8.42 Å². The fraction of sp³-hybridized carbons (Fsp3) is 0.0714. The van der Waals surface area contributed by atoms with Crippen molar-refractivity contribution >= 4 is 54.6 Å². The van der Waals surface area contributed by atoms with Gasteiger partial charge in [0.15, 0.2) is 0 Å². The lowest BCUT2D eigenvalue weighted by Gasteiger charge is -2.08. The van der Waals surface area contributed by atoms with Crippen molar-refractivity contribution in [3.63, 3.8) is 0 Å². The van der Waals surface area contributed by atoms with E-state index in [2.05, 4.69) is 25.8 Å². The molecule has 9 heteroatoms. The van der Waals surface area contributed by atoms with E-state index in [4.69, 9.17) is 11.6 Å². The predicted molar refractivity (Wildman–Crippen MR) is 95.6 cm³/mol. The monoisotopic (exact) mass is 431 g/mol. The minimum atomic E-state index is -3.62. The highest BCUT2D eigenvalue weighted by molar-refractivity contribution is 9.10. The van der Waals surface area contributed by atoms with Crippen molar-refractivity contribution in [3.8, 4) is 0 Å². The maximum Gasteiger partial charge on any atom is 0.271 e. The topological polar surface area (TPSA) is 64.0 Å². The van der Waals surface area contributed by atoms with E-state index >= 15 is 0 Å². The first-order valence-electron chi connectivity index (χ1n) is 6.47. The van der Waals surface area contributed by atoms with Gasteiger partial charge in [-0.1, -0.05) is 23.7 Å². The van der Waals surface area contributed by atoms with Gasteiger partial charge in [-0.3, -0.25) is 9.40 Å². The van der Waals surface area contributed by atoms with Crippen LogP contribution in [0.2, 0.25) is 4.34 Å². The molecule has 0 atom stereocenters. The Labute approximate surface area is 151 Å². The first kappa shape index (κ1) is 16.5. The molecule has 0 saturated heterocycles. The molecule has 0 fully saturated rings. The van der Waals surface area contributed by atoms with Crippen molar-refractivity contribution in [2.45, 2.75) is 10.8 Å². The van der Waals surface area contributed by atoms with E-state index < -0.39 is 10.0 Å². The molecule has 0 spiro atoms. The van der Waals surface area contributed by atoms with Crippen molar-refractivity contribution < 1.29 is 8.42 Å². The van der Waals surface area contributed by atoms with Gasteiger partial charge in [-0.05, 0) is 45.8 Å². The van der Waals surface area contributed by atoms with Crippen LogP contribution in [0.5, 0.6) is 0 Å². The summed E-state index contributed by atoms with van der Waals surface area (Å²) >= 11 is 10.2. The van der Waals surface area contributed by atoms with Crippen LogP contribution in [-0.2, 0) is 16.6 Å². The number of aromatic nitrogens is 2. The molecule has 0 aliphatic rings. The number of rotatable bonds is 5. The normalized spacial score (nSPS) is 11.6. The van der Waals surface area contributed by atoms with E-state index in [1.807, 2.05) is 12.3 Å². The molecule has 0 aliphatic heterocycles. The third kappa shape index (κ3) is 4.14. The SMILES string of the molecule is O=S(=O)(Nc1cccc(Cn2cc(Br)cn2)c1)c1ccc(Cl)s1. The van der Waals surface area contributed by atoms with Crippen molar-refractivity contribution in [1.29, 1.82) is 0 Å². The smallest absolute Gasteiger partial charge is 0.271 e. The highest BCUT2D eigenvalue weighted by Crippen LogP contribution is 2.27. The van der Waals surface area contributed by atoms with Crippen LogP contribution in [0, 0.1) is 0 Å². The summed E-state index contributed by atoms with van der Waals surface area (Å²) in [7, 11) is -3.62. The summed E-state index contributed by atoms with van der Waals surface area (Å²) in [6, 6.07) is 10.2. The number of nitrogens with zero attached hydrogens (tertiary/aromatic N) is 2. The number of anilines is 1. The van der Waals surface area contributed by atoms with Crippen molar-refractivity contribution in [3.05, 3.63) is 63.2 Å². The Morgan fingerprint density at radius 2 is 2.13 bits per heavy atom. The second kappa shape index (κ2) is 6.64. The first-order valence-corrected chi connectivity index (χ1v) is 9.94. The zero-order valence-corrected chi connectivity index (χ0v) is 15.6. The van der Waals surface area contributed by atoms with Gasteiger partial charge in [0, 0.05) is 11.9 Å². The Morgan fingerprint density at radius 1 is 1.30 bits per heavy atom. The number of hydrogen-bond donors (Lipinski definition) is 1. The van der Waals surface area contributed by atoms with E-state index in [-0.39, 0.29) is 4.21 Å². The molecule has 1 N–H and O–H groups in total. The lowest BCUT2D eigenvalue weighted by atomic mass is 10.2. The molecule has 1 aromatic carbocycles. The Balaban J connectivity index is 1.80. The zero-order valence-electron chi connectivity index (χ0n) is 11.6. The lowest BCUT2D eigenvalue weighted by Crippen LogP contribution is -2.11. The average molecular weight is 433 g/mol. The number of thiophene rings is 1. The average Bonchev–Trinajstić information content (AvgIpc) is 3.08. The summed E-state index contributed by atoms with van der Waals surface area (Å²) in [5.74, 6) is 0. The molecule has 120 valence electrons. The molecule has 0 saturated carbocycles. The van der Waals surface area contributed by atoms with Crippen LogP contribution in [0.1, 0.15) is 5.56 Å². The van der Waals surface area contributed by atoms with E-state index in [0.717, 1.165) is 21.4 Å². The highest BCUT2D eigenvalue weighted by Gasteiger charge is 2.16. The molecular formula is C14H11BrClN3O2S2.